The molecule has 5 nitrogen and oxygen atoms in total. The van der Waals surface area contributed by atoms with Crippen molar-refractivity contribution in [2.24, 2.45) is 0 Å². The van der Waals surface area contributed by atoms with E-state index >= 15 is 0 Å². The molecule has 0 bridgehead atoms. The fraction of sp³-hybridized carbons (Fsp3) is 0.500. The van der Waals surface area contributed by atoms with Crippen molar-refractivity contribution in [3.05, 3.63) is 23.2 Å². The van der Waals surface area contributed by atoms with Crippen LogP contribution in [0.4, 0.5) is 24.5 Å². The Morgan fingerprint density at radius 3 is 2.36 bits per heavy atom. The van der Waals surface area contributed by atoms with Crippen LogP contribution in [0, 0.1) is 0 Å². The third-order valence-electron chi connectivity index (χ3n) is 3.90. The molecule has 1 fully saturated rings. The summed E-state index contributed by atoms with van der Waals surface area (Å²) in [7, 11) is 0. The second-order valence-corrected chi connectivity index (χ2v) is 6.14. The maximum atomic E-state index is 12.3. The van der Waals surface area contributed by atoms with Crippen LogP contribution in [0.15, 0.2) is 18.2 Å². The van der Waals surface area contributed by atoms with Crippen LogP contribution < -0.4 is 10.2 Å². The Balaban J connectivity index is 2.00. The zero-order valence-corrected chi connectivity index (χ0v) is 14.5. The van der Waals surface area contributed by atoms with Crippen molar-refractivity contribution in [1.29, 1.82) is 0 Å². The molecule has 1 aliphatic heterocycles. The molecule has 0 spiro atoms. The normalized spacial score (nSPS) is 15.2. The maximum Gasteiger partial charge on any atom is 0.471 e. The Kier molecular flexibility index (Phi) is 6.16. The number of benzene rings is 1. The highest BCUT2D eigenvalue weighted by atomic mass is 35.5. The van der Waals surface area contributed by atoms with Gasteiger partial charge in [-0.1, -0.05) is 18.5 Å². The Hall–Kier alpha value is -1.96. The summed E-state index contributed by atoms with van der Waals surface area (Å²) in [5.41, 5.74) is 0.641. The molecule has 0 unspecified atom stereocenters. The number of carbonyl (C=O) groups is 2. The number of halogens is 4. The average molecular weight is 378 g/mol. The number of hydrogen-bond acceptors (Lipinski definition) is 3. The molecular formula is C16H19ClF3N3O2. The van der Waals surface area contributed by atoms with Crippen molar-refractivity contribution in [3.8, 4) is 0 Å². The first-order valence-corrected chi connectivity index (χ1v) is 8.30. The van der Waals surface area contributed by atoms with Gasteiger partial charge in [-0.2, -0.15) is 13.2 Å². The van der Waals surface area contributed by atoms with Crippen LogP contribution in [-0.4, -0.2) is 49.1 Å². The Morgan fingerprint density at radius 2 is 1.84 bits per heavy atom. The van der Waals surface area contributed by atoms with Crippen molar-refractivity contribution in [1.82, 2.24) is 4.90 Å². The van der Waals surface area contributed by atoms with E-state index in [0.717, 1.165) is 6.42 Å². The van der Waals surface area contributed by atoms with E-state index in [-0.39, 0.29) is 16.6 Å². The molecule has 0 aliphatic carbocycles. The zero-order chi connectivity index (χ0) is 18.6. The lowest BCUT2D eigenvalue weighted by molar-refractivity contribution is -0.167. The van der Waals surface area contributed by atoms with Gasteiger partial charge in [-0.25, -0.2) is 0 Å². The summed E-state index contributed by atoms with van der Waals surface area (Å²) in [5.74, 6) is -1.92. The van der Waals surface area contributed by atoms with E-state index in [2.05, 4.69) is 0 Å². The topological polar surface area (TPSA) is 52.7 Å². The zero-order valence-electron chi connectivity index (χ0n) is 13.7. The Morgan fingerprint density at radius 1 is 1.20 bits per heavy atom. The summed E-state index contributed by atoms with van der Waals surface area (Å²) in [5, 5.41) is 2.01. The third-order valence-corrected chi connectivity index (χ3v) is 4.20. The minimum absolute atomic E-state index is 0.0205. The molecule has 0 atom stereocenters. The predicted octanol–water partition coefficient (Wildman–Crippen LogP) is 3.29. The lowest BCUT2D eigenvalue weighted by Gasteiger charge is -2.36. The first-order valence-electron chi connectivity index (χ1n) is 7.92. The molecule has 0 radical (unpaired) electrons. The van der Waals surface area contributed by atoms with Crippen LogP contribution in [0.5, 0.6) is 0 Å². The SMILES string of the molecule is CCCC(=O)N1CCN(c2ccc(NC(=O)C(F)(F)F)cc2Cl)CC1. The summed E-state index contributed by atoms with van der Waals surface area (Å²) < 4.78 is 36.8. The Labute approximate surface area is 148 Å². The highest BCUT2D eigenvalue weighted by molar-refractivity contribution is 6.33. The van der Waals surface area contributed by atoms with Crippen LogP contribution in [0.3, 0.4) is 0 Å². The number of piperazine rings is 1. The van der Waals surface area contributed by atoms with Gasteiger partial charge in [0.1, 0.15) is 0 Å². The average Bonchev–Trinajstić information content (AvgIpc) is 2.54. The first kappa shape index (κ1) is 19.4. The summed E-state index contributed by atoms with van der Waals surface area (Å²) in [6.07, 6.45) is -3.63. The van der Waals surface area contributed by atoms with Crippen LogP contribution in [0.25, 0.3) is 0 Å². The smallest absolute Gasteiger partial charge is 0.367 e. The van der Waals surface area contributed by atoms with E-state index in [1.54, 1.807) is 16.3 Å². The molecule has 1 saturated heterocycles. The quantitative estimate of drug-likeness (QED) is 0.876. The monoisotopic (exact) mass is 377 g/mol. The maximum absolute atomic E-state index is 12.3. The number of nitrogens with one attached hydrogen (secondary N) is 1. The van der Waals surface area contributed by atoms with Crippen molar-refractivity contribution in [2.75, 3.05) is 36.4 Å². The molecule has 2 amide bonds. The van der Waals surface area contributed by atoms with Gasteiger partial charge in [0, 0.05) is 38.3 Å². The van der Waals surface area contributed by atoms with Crippen molar-refractivity contribution >= 4 is 34.8 Å². The van der Waals surface area contributed by atoms with Crippen LogP contribution >= 0.6 is 11.6 Å². The van der Waals surface area contributed by atoms with Gasteiger partial charge in [-0.3, -0.25) is 9.59 Å². The molecule has 0 saturated carbocycles. The van der Waals surface area contributed by atoms with Crippen LogP contribution in [-0.2, 0) is 9.59 Å². The summed E-state index contributed by atoms with van der Waals surface area (Å²) in [4.78, 5) is 26.6. The van der Waals surface area contributed by atoms with E-state index in [0.29, 0.717) is 38.3 Å². The van der Waals surface area contributed by atoms with Crippen molar-refractivity contribution in [3.63, 3.8) is 0 Å². The second-order valence-electron chi connectivity index (χ2n) is 5.74. The fourth-order valence-corrected chi connectivity index (χ4v) is 2.91. The van der Waals surface area contributed by atoms with E-state index in [1.807, 2.05) is 11.8 Å². The van der Waals surface area contributed by atoms with Crippen molar-refractivity contribution < 1.29 is 22.8 Å². The fourth-order valence-electron chi connectivity index (χ4n) is 2.61. The van der Waals surface area contributed by atoms with Gasteiger partial charge in [0.05, 0.1) is 10.7 Å². The van der Waals surface area contributed by atoms with Gasteiger partial charge in [-0.05, 0) is 24.6 Å². The van der Waals surface area contributed by atoms with Gasteiger partial charge >= 0.3 is 12.1 Å². The number of hydrogen-bond donors (Lipinski definition) is 1. The van der Waals surface area contributed by atoms with E-state index in [9.17, 15) is 22.8 Å². The molecule has 9 heteroatoms. The van der Waals surface area contributed by atoms with Gasteiger partial charge in [0.2, 0.25) is 5.91 Å². The number of anilines is 2. The molecular weight excluding hydrogens is 359 g/mol. The minimum Gasteiger partial charge on any atom is -0.367 e. The van der Waals surface area contributed by atoms with Crippen LogP contribution in [0.2, 0.25) is 5.02 Å². The highest BCUT2D eigenvalue weighted by Crippen LogP contribution is 2.30. The van der Waals surface area contributed by atoms with E-state index in [1.165, 1.54) is 12.1 Å². The number of nitrogens with zero attached hydrogens (tertiary/aromatic N) is 2. The van der Waals surface area contributed by atoms with E-state index in [4.69, 9.17) is 11.6 Å². The summed E-state index contributed by atoms with van der Waals surface area (Å²) in [6.45, 7) is 4.27. The molecule has 25 heavy (non-hydrogen) atoms. The van der Waals surface area contributed by atoms with Gasteiger partial charge in [0.25, 0.3) is 0 Å². The van der Waals surface area contributed by atoms with Gasteiger partial charge < -0.3 is 15.1 Å². The van der Waals surface area contributed by atoms with Gasteiger partial charge in [0.15, 0.2) is 0 Å². The summed E-state index contributed by atoms with van der Waals surface area (Å²) >= 11 is 6.15. The lowest BCUT2D eigenvalue weighted by atomic mass is 10.2. The van der Waals surface area contributed by atoms with Gasteiger partial charge in [-0.15, -0.1) is 0 Å². The van der Waals surface area contributed by atoms with E-state index < -0.39 is 12.1 Å². The minimum atomic E-state index is -4.95. The highest BCUT2D eigenvalue weighted by Gasteiger charge is 2.38. The molecule has 0 aromatic heterocycles. The molecule has 138 valence electrons. The Bertz CT molecular complexity index is 644. The second kappa shape index (κ2) is 7.95. The standard InChI is InChI=1S/C16H19ClF3N3O2/c1-2-3-14(24)23-8-6-22(7-9-23)13-5-4-11(10-12(13)17)21-15(25)16(18,19)20/h4-5,10H,2-3,6-9H2,1H3,(H,21,25). The molecule has 1 aromatic carbocycles. The number of carbonyl (C=O) groups excluding carboxylic acids is 2. The largest absolute Gasteiger partial charge is 0.471 e. The molecule has 1 N–H and O–H groups in total. The van der Waals surface area contributed by atoms with Crippen LogP contribution in [0.1, 0.15) is 19.8 Å². The molecule has 1 aliphatic rings. The first-order chi connectivity index (χ1) is 11.7. The molecule has 1 aromatic rings. The predicted molar refractivity (Wildman–Crippen MR) is 89.8 cm³/mol. The summed E-state index contributed by atoms with van der Waals surface area (Å²) in [6, 6.07) is 4.23. The number of alkyl halides is 3. The van der Waals surface area contributed by atoms with Crippen molar-refractivity contribution in [2.45, 2.75) is 25.9 Å². The number of rotatable bonds is 4. The lowest BCUT2D eigenvalue weighted by Crippen LogP contribution is -2.48. The third kappa shape index (κ3) is 5.01. The molecule has 2 rings (SSSR count). The number of amides is 2. The molecule has 1 heterocycles.